The molecule has 1 N–H and O–H groups in total. The molecule has 0 aromatic heterocycles. The van der Waals surface area contributed by atoms with Gasteiger partial charge in [-0.2, -0.15) is 0 Å². The lowest BCUT2D eigenvalue weighted by Gasteiger charge is -2.20. The van der Waals surface area contributed by atoms with Crippen LogP contribution in [0.5, 0.6) is 0 Å². The molecule has 1 atom stereocenters. The molecular formula is C8H12N2O2. The van der Waals surface area contributed by atoms with Gasteiger partial charge in [0.1, 0.15) is 6.04 Å². The maximum absolute atomic E-state index is 11.3. The van der Waals surface area contributed by atoms with Crippen molar-refractivity contribution in [3.05, 3.63) is 0 Å². The molecule has 0 bridgehead atoms. The fraction of sp³-hybridized carbons (Fsp3) is 0.750. The van der Waals surface area contributed by atoms with Crippen LogP contribution in [0.2, 0.25) is 0 Å². The smallest absolute Gasteiger partial charge is 0.242 e. The maximum Gasteiger partial charge on any atom is 0.242 e. The largest absolute Gasteiger partial charge is 0.354 e. The molecule has 4 heteroatoms. The molecule has 0 spiro atoms. The zero-order valence-electron chi connectivity index (χ0n) is 6.88. The molecule has 2 heterocycles. The first-order chi connectivity index (χ1) is 5.79. The topological polar surface area (TPSA) is 49.4 Å². The number of nitrogens with one attached hydrogen (secondary N) is 1. The summed E-state index contributed by atoms with van der Waals surface area (Å²) in [7, 11) is 0. The van der Waals surface area contributed by atoms with Crippen LogP contribution in [-0.2, 0) is 9.59 Å². The summed E-state index contributed by atoms with van der Waals surface area (Å²) in [5, 5.41) is 2.73. The van der Waals surface area contributed by atoms with Gasteiger partial charge >= 0.3 is 0 Å². The number of likely N-dealkylation sites (tertiary alicyclic amines) is 1. The van der Waals surface area contributed by atoms with Crippen molar-refractivity contribution in [1.29, 1.82) is 0 Å². The molecule has 66 valence electrons. The molecule has 0 aromatic rings. The van der Waals surface area contributed by atoms with Crippen LogP contribution in [-0.4, -0.2) is 35.8 Å². The molecule has 2 amide bonds. The Kier molecular flexibility index (Phi) is 1.75. The summed E-state index contributed by atoms with van der Waals surface area (Å²) in [6.45, 7) is 1.48. The third-order valence-corrected chi connectivity index (χ3v) is 2.51. The molecule has 0 unspecified atom stereocenters. The van der Waals surface area contributed by atoms with Crippen molar-refractivity contribution < 1.29 is 9.59 Å². The van der Waals surface area contributed by atoms with E-state index in [1.807, 2.05) is 0 Å². The highest BCUT2D eigenvalue weighted by Gasteiger charge is 2.35. The highest BCUT2D eigenvalue weighted by molar-refractivity contribution is 5.89. The second-order valence-electron chi connectivity index (χ2n) is 3.29. The Hall–Kier alpha value is -1.06. The molecule has 0 aromatic carbocycles. The SMILES string of the molecule is O=C1NCC[C@@H]1N1CCCC1=O. The summed E-state index contributed by atoms with van der Waals surface area (Å²) >= 11 is 0. The predicted octanol–water partition coefficient (Wildman–Crippen LogP) is -0.503. The minimum atomic E-state index is -0.167. The van der Waals surface area contributed by atoms with E-state index in [4.69, 9.17) is 0 Å². The maximum atomic E-state index is 11.3. The molecule has 0 aliphatic carbocycles. The molecule has 2 rings (SSSR count). The molecular weight excluding hydrogens is 156 g/mol. The Bertz CT molecular complexity index is 203. The predicted molar refractivity (Wildman–Crippen MR) is 42.4 cm³/mol. The Labute approximate surface area is 70.9 Å². The van der Waals surface area contributed by atoms with Crippen molar-refractivity contribution >= 4 is 11.8 Å². The van der Waals surface area contributed by atoms with Crippen LogP contribution in [0.3, 0.4) is 0 Å². The normalized spacial score (nSPS) is 29.7. The number of hydrogen-bond acceptors (Lipinski definition) is 2. The summed E-state index contributed by atoms with van der Waals surface area (Å²) < 4.78 is 0. The van der Waals surface area contributed by atoms with E-state index >= 15 is 0 Å². The quantitative estimate of drug-likeness (QED) is 0.573. The van der Waals surface area contributed by atoms with Crippen LogP contribution in [0.25, 0.3) is 0 Å². The first-order valence-electron chi connectivity index (χ1n) is 4.36. The number of rotatable bonds is 1. The zero-order valence-corrected chi connectivity index (χ0v) is 6.88. The summed E-state index contributed by atoms with van der Waals surface area (Å²) in [4.78, 5) is 24.2. The fourth-order valence-electron chi connectivity index (χ4n) is 1.88. The van der Waals surface area contributed by atoms with Gasteiger partial charge in [-0.3, -0.25) is 9.59 Å². The third-order valence-electron chi connectivity index (χ3n) is 2.51. The van der Waals surface area contributed by atoms with E-state index in [1.54, 1.807) is 4.90 Å². The number of carbonyl (C=O) groups is 2. The van der Waals surface area contributed by atoms with Crippen LogP contribution in [0.4, 0.5) is 0 Å². The highest BCUT2D eigenvalue weighted by atomic mass is 16.2. The minimum absolute atomic E-state index is 0.0188. The van der Waals surface area contributed by atoms with Gasteiger partial charge in [0.15, 0.2) is 0 Å². The van der Waals surface area contributed by atoms with Gasteiger partial charge < -0.3 is 10.2 Å². The zero-order chi connectivity index (χ0) is 8.55. The van der Waals surface area contributed by atoms with Gasteiger partial charge in [-0.15, -0.1) is 0 Å². The second-order valence-corrected chi connectivity index (χ2v) is 3.29. The minimum Gasteiger partial charge on any atom is -0.354 e. The molecule has 0 saturated carbocycles. The summed E-state index contributed by atoms with van der Waals surface area (Å²) in [5.74, 6) is 0.155. The average Bonchev–Trinajstić information content (AvgIpc) is 2.59. The molecule has 2 aliphatic heterocycles. The fourth-order valence-corrected chi connectivity index (χ4v) is 1.88. The number of nitrogens with zero attached hydrogens (tertiary/aromatic N) is 1. The Morgan fingerprint density at radius 2 is 2.25 bits per heavy atom. The molecule has 2 fully saturated rings. The van der Waals surface area contributed by atoms with Crippen LogP contribution in [0.15, 0.2) is 0 Å². The second kappa shape index (κ2) is 2.77. The summed E-state index contributed by atoms with van der Waals surface area (Å²) in [6, 6.07) is -0.167. The van der Waals surface area contributed by atoms with Crippen molar-refractivity contribution in [3.8, 4) is 0 Å². The highest BCUT2D eigenvalue weighted by Crippen LogP contribution is 2.17. The molecule has 12 heavy (non-hydrogen) atoms. The van der Waals surface area contributed by atoms with Gasteiger partial charge in [0, 0.05) is 19.5 Å². The van der Waals surface area contributed by atoms with Crippen LogP contribution >= 0.6 is 0 Å². The van der Waals surface area contributed by atoms with E-state index in [-0.39, 0.29) is 17.9 Å². The summed E-state index contributed by atoms with van der Waals surface area (Å²) in [5.41, 5.74) is 0. The monoisotopic (exact) mass is 168 g/mol. The van der Waals surface area contributed by atoms with Gasteiger partial charge in [-0.1, -0.05) is 0 Å². The van der Waals surface area contributed by atoms with Gasteiger partial charge in [-0.25, -0.2) is 0 Å². The lowest BCUT2D eigenvalue weighted by atomic mass is 10.2. The van der Waals surface area contributed by atoms with Crippen LogP contribution in [0, 0.1) is 0 Å². The number of amides is 2. The summed E-state index contributed by atoms with van der Waals surface area (Å²) in [6.07, 6.45) is 2.30. The van der Waals surface area contributed by atoms with E-state index in [0.717, 1.165) is 19.4 Å². The van der Waals surface area contributed by atoms with E-state index in [9.17, 15) is 9.59 Å². The van der Waals surface area contributed by atoms with E-state index < -0.39 is 0 Å². The van der Waals surface area contributed by atoms with Crippen LogP contribution < -0.4 is 5.32 Å². The molecule has 2 saturated heterocycles. The Morgan fingerprint density at radius 3 is 2.75 bits per heavy atom. The molecule has 2 aliphatic rings. The number of carbonyl (C=O) groups excluding carboxylic acids is 2. The third kappa shape index (κ3) is 1.07. The molecule has 4 nitrogen and oxygen atoms in total. The lowest BCUT2D eigenvalue weighted by Crippen LogP contribution is -2.41. The van der Waals surface area contributed by atoms with Crippen molar-refractivity contribution in [2.45, 2.75) is 25.3 Å². The first kappa shape index (κ1) is 7.58. The van der Waals surface area contributed by atoms with Crippen molar-refractivity contribution in [3.63, 3.8) is 0 Å². The van der Waals surface area contributed by atoms with Gasteiger partial charge in [0.05, 0.1) is 0 Å². The Balaban J connectivity index is 2.08. The lowest BCUT2D eigenvalue weighted by molar-refractivity contribution is -0.135. The standard InChI is InChI=1S/C8H12N2O2/c11-7-2-1-5-10(7)6-3-4-9-8(6)12/h6H,1-5H2,(H,9,12)/t6-/m0/s1. The van der Waals surface area contributed by atoms with Crippen molar-refractivity contribution in [1.82, 2.24) is 10.2 Å². The van der Waals surface area contributed by atoms with Crippen molar-refractivity contribution in [2.24, 2.45) is 0 Å². The van der Waals surface area contributed by atoms with Gasteiger partial charge in [0.2, 0.25) is 11.8 Å². The first-order valence-corrected chi connectivity index (χ1v) is 4.36. The van der Waals surface area contributed by atoms with E-state index in [1.165, 1.54) is 0 Å². The van der Waals surface area contributed by atoms with E-state index in [0.29, 0.717) is 13.0 Å². The van der Waals surface area contributed by atoms with Gasteiger partial charge in [-0.05, 0) is 12.8 Å². The van der Waals surface area contributed by atoms with Crippen molar-refractivity contribution in [2.75, 3.05) is 13.1 Å². The number of hydrogen-bond donors (Lipinski definition) is 1. The van der Waals surface area contributed by atoms with Gasteiger partial charge in [0.25, 0.3) is 0 Å². The van der Waals surface area contributed by atoms with Crippen LogP contribution in [0.1, 0.15) is 19.3 Å². The van der Waals surface area contributed by atoms with E-state index in [2.05, 4.69) is 5.32 Å². The molecule has 0 radical (unpaired) electrons. The average molecular weight is 168 g/mol. The Morgan fingerprint density at radius 1 is 1.42 bits per heavy atom.